The Hall–Kier alpha value is -2.04. The van der Waals surface area contributed by atoms with Gasteiger partial charge in [0, 0.05) is 13.6 Å². The van der Waals surface area contributed by atoms with E-state index in [1.807, 2.05) is 31.3 Å². The molecule has 0 bridgehead atoms. The second kappa shape index (κ2) is 5.53. The maximum atomic E-state index is 6.03. The molecule has 1 aromatic heterocycles. The minimum absolute atomic E-state index is 0.721. The number of hydrogen-bond donors (Lipinski definition) is 1. The van der Waals surface area contributed by atoms with Gasteiger partial charge in [0.2, 0.25) is 0 Å². The predicted octanol–water partition coefficient (Wildman–Crippen LogP) is 1.81. The van der Waals surface area contributed by atoms with Gasteiger partial charge in [-0.25, -0.2) is 4.98 Å². The Kier molecular flexibility index (Phi) is 3.82. The van der Waals surface area contributed by atoms with E-state index in [-0.39, 0.29) is 0 Å². The van der Waals surface area contributed by atoms with Crippen LogP contribution in [0.1, 0.15) is 19.2 Å². The maximum Gasteiger partial charge on any atom is 0.146 e. The number of nitrogen functional groups attached to an aromatic ring is 1. The molecule has 0 spiro atoms. The van der Waals surface area contributed by atoms with Crippen molar-refractivity contribution in [1.29, 1.82) is 0 Å². The third-order valence-electron chi connectivity index (χ3n) is 2.91. The predicted molar refractivity (Wildman–Crippen MR) is 73.2 cm³/mol. The zero-order valence-corrected chi connectivity index (χ0v) is 10.9. The van der Waals surface area contributed by atoms with Crippen LogP contribution < -0.4 is 10.6 Å². The summed E-state index contributed by atoms with van der Waals surface area (Å²) in [7, 11) is 1.90. The number of hydrogen-bond acceptors (Lipinski definition) is 4. The van der Waals surface area contributed by atoms with Crippen LogP contribution in [0, 0.1) is 0 Å². The topological polar surface area (TPSA) is 60.0 Å². The van der Waals surface area contributed by atoms with Crippen LogP contribution >= 0.6 is 0 Å². The molecular formula is C13H19N5. The Bertz CT molecular complexity index is 506. The summed E-state index contributed by atoms with van der Waals surface area (Å²) in [5, 5.41) is 4.09. The van der Waals surface area contributed by atoms with Crippen LogP contribution in [0.5, 0.6) is 0 Å². The molecule has 2 aromatic rings. The highest BCUT2D eigenvalue weighted by Crippen LogP contribution is 2.23. The molecule has 1 heterocycles. The number of nitrogens with two attached hydrogens (primary N) is 1. The zero-order chi connectivity index (χ0) is 13.0. The zero-order valence-electron chi connectivity index (χ0n) is 10.9. The van der Waals surface area contributed by atoms with Gasteiger partial charge in [0.05, 0.1) is 17.9 Å². The second-order valence-electron chi connectivity index (χ2n) is 4.28. The average molecular weight is 245 g/mol. The number of aryl methyl sites for hydroxylation is 1. The lowest BCUT2D eigenvalue weighted by Crippen LogP contribution is -2.26. The molecule has 0 aliphatic heterocycles. The van der Waals surface area contributed by atoms with Gasteiger partial charge in [-0.05, 0) is 18.6 Å². The van der Waals surface area contributed by atoms with Crippen molar-refractivity contribution in [3.8, 4) is 0 Å². The molecular weight excluding hydrogens is 226 g/mol. The first-order valence-corrected chi connectivity index (χ1v) is 6.14. The van der Waals surface area contributed by atoms with Crippen molar-refractivity contribution in [2.45, 2.75) is 19.9 Å². The third-order valence-corrected chi connectivity index (χ3v) is 2.91. The average Bonchev–Trinajstić information content (AvgIpc) is 2.75. The summed E-state index contributed by atoms with van der Waals surface area (Å²) in [6, 6.07) is 7.92. The highest BCUT2D eigenvalue weighted by Gasteiger charge is 2.11. The molecule has 0 radical (unpaired) electrons. The maximum absolute atomic E-state index is 6.03. The summed E-state index contributed by atoms with van der Waals surface area (Å²) in [6.07, 6.45) is 2.64. The fourth-order valence-electron chi connectivity index (χ4n) is 1.96. The van der Waals surface area contributed by atoms with Gasteiger partial charge < -0.3 is 10.6 Å². The van der Waals surface area contributed by atoms with E-state index < -0.39 is 0 Å². The molecule has 2 rings (SSSR count). The van der Waals surface area contributed by atoms with Crippen molar-refractivity contribution in [1.82, 2.24) is 14.8 Å². The molecule has 2 N–H and O–H groups in total. The van der Waals surface area contributed by atoms with E-state index in [1.54, 1.807) is 11.0 Å². The van der Waals surface area contributed by atoms with E-state index in [4.69, 9.17) is 5.73 Å². The molecule has 0 atom stereocenters. The summed E-state index contributed by atoms with van der Waals surface area (Å²) >= 11 is 0. The molecule has 96 valence electrons. The van der Waals surface area contributed by atoms with E-state index in [0.29, 0.717) is 0 Å². The van der Waals surface area contributed by atoms with Gasteiger partial charge in [-0.1, -0.05) is 19.1 Å². The molecule has 5 heteroatoms. The van der Waals surface area contributed by atoms with Crippen molar-refractivity contribution in [2.75, 3.05) is 17.2 Å². The quantitative estimate of drug-likeness (QED) is 0.816. The highest BCUT2D eigenvalue weighted by atomic mass is 15.3. The van der Waals surface area contributed by atoms with Crippen molar-refractivity contribution < 1.29 is 0 Å². The fraction of sp³-hybridized carbons (Fsp3) is 0.385. The van der Waals surface area contributed by atoms with Crippen LogP contribution in [0.3, 0.4) is 0 Å². The number of para-hydroxylation sites is 2. The minimum atomic E-state index is 0.721. The minimum Gasteiger partial charge on any atom is -0.397 e. The van der Waals surface area contributed by atoms with Crippen molar-refractivity contribution >= 4 is 11.4 Å². The van der Waals surface area contributed by atoms with E-state index in [9.17, 15) is 0 Å². The number of nitrogens with zero attached hydrogens (tertiary/aromatic N) is 4. The Morgan fingerprint density at radius 1 is 1.33 bits per heavy atom. The smallest absolute Gasteiger partial charge is 0.146 e. The van der Waals surface area contributed by atoms with Gasteiger partial charge >= 0.3 is 0 Å². The SMILES string of the molecule is CCCN(Cc1ncnn1C)c1ccccc1N. The fourth-order valence-corrected chi connectivity index (χ4v) is 1.96. The van der Waals surface area contributed by atoms with Crippen LogP contribution in [-0.2, 0) is 13.6 Å². The lowest BCUT2D eigenvalue weighted by molar-refractivity contribution is 0.662. The summed E-state index contributed by atoms with van der Waals surface area (Å²) in [4.78, 5) is 6.50. The molecule has 0 unspecified atom stereocenters. The number of benzene rings is 1. The summed E-state index contributed by atoms with van der Waals surface area (Å²) < 4.78 is 1.79. The Labute approximate surface area is 107 Å². The number of rotatable bonds is 5. The Morgan fingerprint density at radius 2 is 2.11 bits per heavy atom. The first-order chi connectivity index (χ1) is 8.72. The van der Waals surface area contributed by atoms with Crippen LogP contribution in [0.4, 0.5) is 11.4 Å². The van der Waals surface area contributed by atoms with E-state index in [1.165, 1.54) is 0 Å². The summed E-state index contributed by atoms with van der Waals surface area (Å²) in [5.74, 6) is 0.937. The molecule has 0 fully saturated rings. The van der Waals surface area contributed by atoms with Crippen LogP contribution in [0.2, 0.25) is 0 Å². The van der Waals surface area contributed by atoms with Crippen LogP contribution in [-0.4, -0.2) is 21.3 Å². The van der Waals surface area contributed by atoms with Crippen molar-refractivity contribution in [3.05, 3.63) is 36.4 Å². The van der Waals surface area contributed by atoms with Crippen LogP contribution in [0.25, 0.3) is 0 Å². The van der Waals surface area contributed by atoms with Crippen molar-refractivity contribution in [2.24, 2.45) is 7.05 Å². The Balaban J connectivity index is 2.24. The molecule has 0 aliphatic carbocycles. The normalized spacial score (nSPS) is 10.6. The molecule has 1 aromatic carbocycles. The van der Waals surface area contributed by atoms with Crippen molar-refractivity contribution in [3.63, 3.8) is 0 Å². The Morgan fingerprint density at radius 3 is 2.72 bits per heavy atom. The lowest BCUT2D eigenvalue weighted by Gasteiger charge is -2.25. The molecule has 0 aliphatic rings. The molecule has 0 saturated carbocycles. The van der Waals surface area contributed by atoms with E-state index in [0.717, 1.165) is 36.7 Å². The molecule has 18 heavy (non-hydrogen) atoms. The highest BCUT2D eigenvalue weighted by molar-refractivity contribution is 5.67. The second-order valence-corrected chi connectivity index (χ2v) is 4.28. The van der Waals surface area contributed by atoms with Gasteiger partial charge in [-0.3, -0.25) is 4.68 Å². The monoisotopic (exact) mass is 245 g/mol. The van der Waals surface area contributed by atoms with Gasteiger partial charge in [-0.15, -0.1) is 0 Å². The summed E-state index contributed by atoms with van der Waals surface area (Å²) in [5.41, 5.74) is 7.89. The molecule has 0 saturated heterocycles. The number of aromatic nitrogens is 3. The van der Waals surface area contributed by atoms with Gasteiger partial charge in [0.25, 0.3) is 0 Å². The van der Waals surface area contributed by atoms with Crippen LogP contribution in [0.15, 0.2) is 30.6 Å². The van der Waals surface area contributed by atoms with Gasteiger partial charge in [0.15, 0.2) is 0 Å². The molecule has 0 amide bonds. The largest absolute Gasteiger partial charge is 0.397 e. The number of anilines is 2. The molecule has 5 nitrogen and oxygen atoms in total. The van der Waals surface area contributed by atoms with E-state index in [2.05, 4.69) is 21.9 Å². The van der Waals surface area contributed by atoms with E-state index >= 15 is 0 Å². The van der Waals surface area contributed by atoms with Gasteiger partial charge in [0.1, 0.15) is 12.2 Å². The first-order valence-electron chi connectivity index (χ1n) is 6.14. The van der Waals surface area contributed by atoms with Gasteiger partial charge in [-0.2, -0.15) is 5.10 Å². The third kappa shape index (κ3) is 2.61. The lowest BCUT2D eigenvalue weighted by atomic mass is 10.2. The summed E-state index contributed by atoms with van der Waals surface area (Å²) in [6.45, 7) is 3.82. The standard InChI is InChI=1S/C13H19N5/c1-3-8-18(9-13-15-10-16-17(13)2)12-7-5-4-6-11(12)14/h4-7,10H,3,8-9,14H2,1-2H3. The first kappa shape index (κ1) is 12.4.